The quantitative estimate of drug-likeness (QED) is 0.631. The van der Waals surface area contributed by atoms with Crippen LogP contribution < -0.4 is 5.32 Å². The number of benzene rings is 2. The van der Waals surface area contributed by atoms with Gasteiger partial charge in [-0.2, -0.15) is 13.2 Å². The Morgan fingerprint density at radius 3 is 2.38 bits per heavy atom. The van der Waals surface area contributed by atoms with Crippen LogP contribution in [0.3, 0.4) is 0 Å². The predicted molar refractivity (Wildman–Crippen MR) is 82.9 cm³/mol. The van der Waals surface area contributed by atoms with Gasteiger partial charge in [-0.25, -0.2) is 0 Å². The monoisotopic (exact) mass is 397 g/mol. The molecule has 0 amide bonds. The molecule has 0 aliphatic carbocycles. The van der Waals surface area contributed by atoms with Gasteiger partial charge in [0.25, 0.3) is 0 Å². The van der Waals surface area contributed by atoms with E-state index in [1.807, 2.05) is 0 Å². The first-order valence-corrected chi connectivity index (χ1v) is 7.37. The average molecular weight is 399 g/mol. The maximum atomic E-state index is 13.0. The molecule has 0 unspecified atom stereocenters. The molecule has 2 aromatic rings. The zero-order valence-corrected chi connectivity index (χ0v) is 13.5. The molecule has 0 saturated heterocycles. The minimum absolute atomic E-state index is 0.00304. The number of rotatable bonds is 3. The van der Waals surface area contributed by atoms with E-state index in [9.17, 15) is 13.2 Å². The molecule has 0 aromatic heterocycles. The molecule has 0 heterocycles. The van der Waals surface area contributed by atoms with Crippen LogP contribution in [0.4, 0.5) is 18.9 Å². The van der Waals surface area contributed by atoms with Crippen LogP contribution in [0, 0.1) is 0 Å². The average Bonchev–Trinajstić information content (AvgIpc) is 2.38. The van der Waals surface area contributed by atoms with Gasteiger partial charge in [-0.1, -0.05) is 45.2 Å². The zero-order valence-electron chi connectivity index (χ0n) is 10.4. The number of alkyl halides is 3. The van der Waals surface area contributed by atoms with Crippen molar-refractivity contribution in [2.24, 2.45) is 0 Å². The van der Waals surface area contributed by atoms with Crippen LogP contribution in [0.25, 0.3) is 0 Å². The van der Waals surface area contributed by atoms with Crippen LogP contribution in [0.2, 0.25) is 10.0 Å². The van der Waals surface area contributed by atoms with Crippen molar-refractivity contribution in [3.8, 4) is 0 Å². The lowest BCUT2D eigenvalue weighted by Gasteiger charge is -2.15. The molecule has 0 radical (unpaired) electrons. The van der Waals surface area contributed by atoms with Crippen LogP contribution in [-0.4, -0.2) is 0 Å². The van der Waals surface area contributed by atoms with Crippen LogP contribution in [0.15, 0.2) is 40.9 Å². The van der Waals surface area contributed by atoms with Crippen molar-refractivity contribution in [2.45, 2.75) is 12.7 Å². The molecule has 2 aromatic carbocycles. The molecule has 1 nitrogen and oxygen atoms in total. The van der Waals surface area contributed by atoms with Gasteiger partial charge >= 0.3 is 6.18 Å². The fourth-order valence-electron chi connectivity index (χ4n) is 1.76. The summed E-state index contributed by atoms with van der Waals surface area (Å²) in [6.45, 7) is 0.167. The second kappa shape index (κ2) is 6.46. The molecule has 0 spiro atoms. The zero-order chi connectivity index (χ0) is 15.6. The lowest BCUT2D eigenvalue weighted by atomic mass is 10.1. The first kappa shape index (κ1) is 16.5. The van der Waals surface area contributed by atoms with Gasteiger partial charge in [0.1, 0.15) is 0 Å². The van der Waals surface area contributed by atoms with Gasteiger partial charge in [0.15, 0.2) is 0 Å². The third kappa shape index (κ3) is 4.28. The van der Waals surface area contributed by atoms with E-state index in [1.165, 1.54) is 6.07 Å². The number of halogens is 6. The molecule has 112 valence electrons. The summed E-state index contributed by atoms with van der Waals surface area (Å²) in [7, 11) is 0. The largest absolute Gasteiger partial charge is 0.418 e. The van der Waals surface area contributed by atoms with E-state index in [0.29, 0.717) is 20.1 Å². The molecule has 2 rings (SSSR count). The van der Waals surface area contributed by atoms with Crippen molar-refractivity contribution in [1.29, 1.82) is 0 Å². The van der Waals surface area contributed by atoms with Crippen molar-refractivity contribution in [3.63, 3.8) is 0 Å². The van der Waals surface area contributed by atoms with Crippen LogP contribution in [-0.2, 0) is 12.7 Å². The van der Waals surface area contributed by atoms with Crippen molar-refractivity contribution < 1.29 is 13.2 Å². The van der Waals surface area contributed by atoms with E-state index in [0.717, 1.165) is 6.07 Å². The molecule has 0 saturated carbocycles. The van der Waals surface area contributed by atoms with Crippen LogP contribution in [0.5, 0.6) is 0 Å². The Balaban J connectivity index is 2.24. The Bertz CT molecular complexity index is 659. The van der Waals surface area contributed by atoms with Gasteiger partial charge < -0.3 is 5.32 Å². The topological polar surface area (TPSA) is 12.0 Å². The Morgan fingerprint density at radius 1 is 1.05 bits per heavy atom. The molecule has 0 atom stereocenters. The van der Waals surface area contributed by atoms with Gasteiger partial charge in [-0.05, 0) is 35.9 Å². The minimum atomic E-state index is -4.43. The first-order valence-electron chi connectivity index (χ1n) is 5.82. The van der Waals surface area contributed by atoms with Crippen LogP contribution >= 0.6 is 39.1 Å². The second-order valence-corrected chi connectivity index (χ2v) is 6.04. The smallest absolute Gasteiger partial charge is 0.380 e. The molecule has 1 N–H and O–H groups in total. The van der Waals surface area contributed by atoms with Crippen molar-refractivity contribution in [3.05, 3.63) is 62.0 Å². The lowest BCUT2D eigenvalue weighted by Crippen LogP contribution is -2.11. The summed E-state index contributed by atoms with van der Waals surface area (Å²) >= 11 is 14.8. The lowest BCUT2D eigenvalue weighted by molar-refractivity contribution is -0.137. The summed E-state index contributed by atoms with van der Waals surface area (Å²) in [5, 5.41) is 3.63. The van der Waals surface area contributed by atoms with Gasteiger partial charge in [0.2, 0.25) is 0 Å². The van der Waals surface area contributed by atoms with Crippen molar-refractivity contribution >= 4 is 44.8 Å². The van der Waals surface area contributed by atoms with Crippen LogP contribution in [0.1, 0.15) is 11.1 Å². The minimum Gasteiger partial charge on any atom is -0.380 e. The standard InChI is InChI=1S/C14H9BrCl2F3N/c15-9-2-4-13(11(5-9)14(18,19)20)21-7-8-1-3-10(16)6-12(8)17/h1-6,21H,7H2. The third-order valence-corrected chi connectivity index (χ3v) is 3.85. The summed E-state index contributed by atoms with van der Waals surface area (Å²) in [6, 6.07) is 8.80. The van der Waals surface area contributed by atoms with Gasteiger partial charge in [-0.15, -0.1) is 0 Å². The predicted octanol–water partition coefficient (Wildman–Crippen LogP) is 6.39. The molecule has 7 heteroatoms. The Kier molecular flexibility index (Phi) is 5.07. The Labute approximate surface area is 138 Å². The van der Waals surface area contributed by atoms with Crippen molar-refractivity contribution in [1.82, 2.24) is 0 Å². The Morgan fingerprint density at radius 2 is 1.76 bits per heavy atom. The van der Waals surface area contributed by atoms with Gasteiger partial charge in [-0.3, -0.25) is 0 Å². The first-order chi connectivity index (χ1) is 9.77. The third-order valence-electron chi connectivity index (χ3n) is 2.77. The van der Waals surface area contributed by atoms with Gasteiger partial charge in [0, 0.05) is 26.8 Å². The summed E-state index contributed by atoms with van der Waals surface area (Å²) < 4.78 is 39.3. The molecular formula is C14H9BrCl2F3N. The van der Waals surface area contributed by atoms with E-state index in [2.05, 4.69) is 21.2 Å². The summed E-state index contributed by atoms with van der Waals surface area (Å²) in [5.41, 5.74) is -0.0733. The maximum Gasteiger partial charge on any atom is 0.418 e. The molecule has 0 bridgehead atoms. The highest BCUT2D eigenvalue weighted by Crippen LogP contribution is 2.37. The fourth-order valence-corrected chi connectivity index (χ4v) is 2.60. The van der Waals surface area contributed by atoms with E-state index in [-0.39, 0.29) is 12.2 Å². The number of nitrogens with one attached hydrogen (secondary N) is 1. The normalized spacial score (nSPS) is 11.5. The van der Waals surface area contributed by atoms with Gasteiger partial charge in [0.05, 0.1) is 5.56 Å². The molecule has 21 heavy (non-hydrogen) atoms. The fraction of sp³-hybridized carbons (Fsp3) is 0.143. The second-order valence-electron chi connectivity index (χ2n) is 4.28. The van der Waals surface area contributed by atoms with E-state index < -0.39 is 11.7 Å². The summed E-state index contributed by atoms with van der Waals surface area (Å²) in [6.07, 6.45) is -4.43. The molecule has 0 aliphatic rings. The molecular weight excluding hydrogens is 390 g/mol. The summed E-state index contributed by atoms with van der Waals surface area (Å²) in [4.78, 5) is 0. The highest BCUT2D eigenvalue weighted by molar-refractivity contribution is 9.10. The summed E-state index contributed by atoms with van der Waals surface area (Å²) in [5.74, 6) is 0. The SMILES string of the molecule is FC(F)(F)c1cc(Br)ccc1NCc1ccc(Cl)cc1Cl. The molecule has 0 fully saturated rings. The van der Waals surface area contributed by atoms with E-state index in [1.54, 1.807) is 24.3 Å². The highest BCUT2D eigenvalue weighted by atomic mass is 79.9. The number of anilines is 1. The van der Waals surface area contributed by atoms with Crippen molar-refractivity contribution in [2.75, 3.05) is 5.32 Å². The maximum absolute atomic E-state index is 13.0. The highest BCUT2D eigenvalue weighted by Gasteiger charge is 2.33. The molecule has 0 aliphatic heterocycles. The Hall–Kier alpha value is -0.910. The van der Waals surface area contributed by atoms with E-state index >= 15 is 0 Å². The van der Waals surface area contributed by atoms with E-state index in [4.69, 9.17) is 23.2 Å². The number of hydrogen-bond acceptors (Lipinski definition) is 1. The number of hydrogen-bond donors (Lipinski definition) is 1.